The summed E-state index contributed by atoms with van der Waals surface area (Å²) in [6.07, 6.45) is 6.71. The summed E-state index contributed by atoms with van der Waals surface area (Å²) in [6.45, 7) is 2.28. The standard InChI is InChI=1S/C30H35FN4O4S/c31-21-7-13-24(14-8-21)39-18-3-1-2-16-32-19-28(37)34-17-15-27-26(20-34)29(38)35(22-9-11-23(36)12-10-22)30(33-27)40-25-5-4-6-25/h7-14,25,32,36H,1-6,15-20H2. The van der Waals surface area contributed by atoms with Gasteiger partial charge in [-0.1, -0.05) is 18.2 Å². The predicted molar refractivity (Wildman–Crippen MR) is 153 cm³/mol. The summed E-state index contributed by atoms with van der Waals surface area (Å²) < 4.78 is 20.2. The first kappa shape index (κ1) is 28.2. The topological polar surface area (TPSA) is 96.7 Å². The quantitative estimate of drug-likeness (QED) is 0.247. The first-order valence-electron chi connectivity index (χ1n) is 14.0. The van der Waals surface area contributed by atoms with E-state index >= 15 is 0 Å². The molecule has 1 amide bonds. The zero-order chi connectivity index (χ0) is 27.9. The number of carbonyl (C=O) groups excluding carboxylic acids is 1. The minimum absolute atomic E-state index is 0.0335. The Labute approximate surface area is 237 Å². The van der Waals surface area contributed by atoms with Crippen molar-refractivity contribution in [3.8, 4) is 17.2 Å². The number of aromatic nitrogens is 2. The van der Waals surface area contributed by atoms with Crippen LogP contribution in [0.2, 0.25) is 0 Å². The zero-order valence-electron chi connectivity index (χ0n) is 22.5. The highest BCUT2D eigenvalue weighted by Gasteiger charge is 2.28. The molecule has 2 aromatic carbocycles. The molecule has 1 aromatic heterocycles. The van der Waals surface area contributed by atoms with Crippen LogP contribution in [0.25, 0.3) is 5.69 Å². The van der Waals surface area contributed by atoms with E-state index in [-0.39, 0.29) is 36.1 Å². The summed E-state index contributed by atoms with van der Waals surface area (Å²) in [5.41, 5.74) is 1.85. The van der Waals surface area contributed by atoms with E-state index in [4.69, 9.17) is 9.72 Å². The van der Waals surface area contributed by atoms with Gasteiger partial charge in [0, 0.05) is 18.2 Å². The molecule has 2 N–H and O–H groups in total. The third-order valence-electron chi connectivity index (χ3n) is 7.34. The first-order valence-corrected chi connectivity index (χ1v) is 14.8. The highest BCUT2D eigenvalue weighted by Crippen LogP contribution is 2.36. The molecule has 1 aliphatic heterocycles. The number of hydrogen-bond acceptors (Lipinski definition) is 7. The van der Waals surface area contributed by atoms with E-state index < -0.39 is 0 Å². The lowest BCUT2D eigenvalue weighted by atomic mass is 10.0. The van der Waals surface area contributed by atoms with Crippen LogP contribution in [0, 0.1) is 5.82 Å². The van der Waals surface area contributed by atoms with Gasteiger partial charge in [-0.2, -0.15) is 0 Å². The Morgan fingerprint density at radius 3 is 2.60 bits per heavy atom. The molecular formula is C30H35FN4O4S. The van der Waals surface area contributed by atoms with Gasteiger partial charge in [0.05, 0.1) is 36.6 Å². The fraction of sp³-hybridized carbons (Fsp3) is 0.433. The summed E-state index contributed by atoms with van der Waals surface area (Å²) in [7, 11) is 0. The second-order valence-corrected chi connectivity index (χ2v) is 11.5. The lowest BCUT2D eigenvalue weighted by Crippen LogP contribution is -2.44. The molecular weight excluding hydrogens is 531 g/mol. The zero-order valence-corrected chi connectivity index (χ0v) is 23.3. The molecule has 2 heterocycles. The molecule has 3 aromatic rings. The maximum Gasteiger partial charge on any atom is 0.264 e. The number of ether oxygens (including phenoxy) is 1. The number of phenols is 1. The van der Waals surface area contributed by atoms with Gasteiger partial charge in [0.25, 0.3) is 5.56 Å². The first-order chi connectivity index (χ1) is 19.5. The molecule has 0 saturated heterocycles. The van der Waals surface area contributed by atoms with E-state index in [0.29, 0.717) is 53.5 Å². The number of amides is 1. The average molecular weight is 567 g/mol. The van der Waals surface area contributed by atoms with Crippen LogP contribution in [-0.4, -0.2) is 57.0 Å². The van der Waals surface area contributed by atoms with Gasteiger partial charge in [0.1, 0.15) is 17.3 Å². The third-order valence-corrected chi connectivity index (χ3v) is 8.63. The summed E-state index contributed by atoms with van der Waals surface area (Å²) in [5, 5.41) is 14.1. The monoisotopic (exact) mass is 566 g/mol. The summed E-state index contributed by atoms with van der Waals surface area (Å²) in [6, 6.07) is 12.6. The average Bonchev–Trinajstić information content (AvgIpc) is 2.93. The molecule has 212 valence electrons. The summed E-state index contributed by atoms with van der Waals surface area (Å²) in [5.74, 6) is 0.482. The molecule has 0 unspecified atom stereocenters. The van der Waals surface area contributed by atoms with Gasteiger partial charge in [-0.3, -0.25) is 14.2 Å². The number of thioether (sulfide) groups is 1. The predicted octanol–water partition coefficient (Wildman–Crippen LogP) is 4.45. The number of nitrogens with zero attached hydrogens (tertiary/aromatic N) is 3. The molecule has 2 aliphatic rings. The Bertz CT molecular complexity index is 1360. The number of benzene rings is 2. The Hall–Kier alpha value is -3.37. The van der Waals surface area contributed by atoms with Crippen LogP contribution in [-0.2, 0) is 17.8 Å². The van der Waals surface area contributed by atoms with E-state index in [1.165, 1.54) is 18.6 Å². The van der Waals surface area contributed by atoms with Crippen LogP contribution in [0.15, 0.2) is 58.5 Å². The Morgan fingerprint density at radius 2 is 1.88 bits per heavy atom. The smallest absolute Gasteiger partial charge is 0.264 e. The molecule has 10 heteroatoms. The maximum atomic E-state index is 13.7. The number of carbonyl (C=O) groups is 1. The Morgan fingerprint density at radius 1 is 1.10 bits per heavy atom. The maximum absolute atomic E-state index is 13.7. The number of phenolic OH excluding ortho intramolecular Hbond substituents is 1. The van der Waals surface area contributed by atoms with E-state index in [0.717, 1.165) is 37.8 Å². The SMILES string of the molecule is O=C(CNCCCCCOc1ccc(F)cc1)N1CCc2nc(SC3CCC3)n(-c3ccc(O)cc3)c(=O)c2C1. The van der Waals surface area contributed by atoms with Crippen LogP contribution in [0.3, 0.4) is 0 Å². The molecule has 40 heavy (non-hydrogen) atoms. The minimum atomic E-state index is -0.281. The second-order valence-electron chi connectivity index (χ2n) is 10.3. The summed E-state index contributed by atoms with van der Waals surface area (Å²) >= 11 is 1.65. The van der Waals surface area contributed by atoms with E-state index in [1.807, 2.05) is 0 Å². The number of hydrogen-bond donors (Lipinski definition) is 2. The lowest BCUT2D eigenvalue weighted by molar-refractivity contribution is -0.131. The van der Waals surface area contributed by atoms with Crippen molar-refractivity contribution in [2.75, 3.05) is 26.2 Å². The Balaban J connectivity index is 1.13. The van der Waals surface area contributed by atoms with Crippen molar-refractivity contribution in [1.82, 2.24) is 19.8 Å². The number of aromatic hydroxyl groups is 1. The van der Waals surface area contributed by atoms with Crippen LogP contribution in [0.1, 0.15) is 49.8 Å². The van der Waals surface area contributed by atoms with Crippen molar-refractivity contribution in [3.05, 3.63) is 76.0 Å². The van der Waals surface area contributed by atoms with Crippen molar-refractivity contribution in [2.24, 2.45) is 0 Å². The molecule has 1 saturated carbocycles. The fourth-order valence-corrected chi connectivity index (χ4v) is 6.09. The van der Waals surface area contributed by atoms with Crippen molar-refractivity contribution in [2.45, 2.75) is 61.9 Å². The van der Waals surface area contributed by atoms with Crippen molar-refractivity contribution in [1.29, 1.82) is 0 Å². The van der Waals surface area contributed by atoms with Gasteiger partial charge in [0.15, 0.2) is 5.16 Å². The lowest BCUT2D eigenvalue weighted by Gasteiger charge is -2.30. The molecule has 5 rings (SSSR count). The number of fused-ring (bicyclic) bond motifs is 1. The van der Waals surface area contributed by atoms with Crippen LogP contribution in [0.5, 0.6) is 11.5 Å². The molecule has 0 atom stereocenters. The van der Waals surface area contributed by atoms with Crippen LogP contribution in [0.4, 0.5) is 4.39 Å². The third kappa shape index (κ3) is 7.03. The van der Waals surface area contributed by atoms with Crippen molar-refractivity contribution >= 4 is 17.7 Å². The normalized spacial score (nSPS) is 15.0. The molecule has 0 radical (unpaired) electrons. The molecule has 1 aliphatic carbocycles. The van der Waals surface area contributed by atoms with Gasteiger partial charge in [-0.05, 0) is 87.2 Å². The Kier molecular flexibility index (Phi) is 9.38. The van der Waals surface area contributed by atoms with E-state index in [9.17, 15) is 19.1 Å². The van der Waals surface area contributed by atoms with E-state index in [2.05, 4.69) is 5.32 Å². The highest BCUT2D eigenvalue weighted by molar-refractivity contribution is 7.99. The highest BCUT2D eigenvalue weighted by atomic mass is 32.2. The van der Waals surface area contributed by atoms with Gasteiger partial charge < -0.3 is 20.1 Å². The van der Waals surface area contributed by atoms with Crippen molar-refractivity contribution in [3.63, 3.8) is 0 Å². The van der Waals surface area contributed by atoms with Gasteiger partial charge in [0.2, 0.25) is 5.91 Å². The molecule has 8 nitrogen and oxygen atoms in total. The number of halogens is 1. The van der Waals surface area contributed by atoms with E-state index in [1.54, 1.807) is 57.6 Å². The van der Waals surface area contributed by atoms with Gasteiger partial charge in [-0.15, -0.1) is 0 Å². The van der Waals surface area contributed by atoms with Gasteiger partial charge in [-0.25, -0.2) is 9.37 Å². The van der Waals surface area contributed by atoms with Crippen LogP contribution < -0.4 is 15.6 Å². The number of unbranched alkanes of at least 4 members (excludes halogenated alkanes) is 2. The fourth-order valence-electron chi connectivity index (χ4n) is 4.77. The number of rotatable bonds is 12. The van der Waals surface area contributed by atoms with Gasteiger partial charge >= 0.3 is 0 Å². The minimum Gasteiger partial charge on any atom is -0.508 e. The second kappa shape index (κ2) is 13.3. The number of nitrogens with one attached hydrogen (secondary N) is 1. The van der Waals surface area contributed by atoms with Crippen molar-refractivity contribution < 1.29 is 19.0 Å². The summed E-state index contributed by atoms with van der Waals surface area (Å²) in [4.78, 5) is 33.3. The molecule has 0 spiro atoms. The van der Waals surface area contributed by atoms with Crippen LogP contribution >= 0.6 is 11.8 Å². The largest absolute Gasteiger partial charge is 0.508 e. The molecule has 0 bridgehead atoms. The molecule has 1 fully saturated rings.